The largest absolute Gasteiger partial charge is 0.454 e. The smallest absolute Gasteiger partial charge is 0.248 e. The summed E-state index contributed by atoms with van der Waals surface area (Å²) in [5.74, 6) is 0.356. The number of ether oxygens (including phenoxy) is 3. The van der Waals surface area contributed by atoms with Crippen molar-refractivity contribution in [2.24, 2.45) is 5.92 Å². The number of likely N-dealkylation sites (tertiary alicyclic amines) is 1. The van der Waals surface area contributed by atoms with Gasteiger partial charge in [-0.1, -0.05) is 18.2 Å². The molecule has 1 fully saturated rings. The number of aryl methyl sites for hydroxylation is 1. The van der Waals surface area contributed by atoms with Gasteiger partial charge >= 0.3 is 0 Å². The molecule has 0 aromatic heterocycles. The number of benzene rings is 2. The second-order valence-electron chi connectivity index (χ2n) is 8.28. The van der Waals surface area contributed by atoms with E-state index in [9.17, 15) is 14.0 Å². The first-order valence-corrected chi connectivity index (χ1v) is 10.6. The molecule has 0 bridgehead atoms. The molecule has 1 saturated heterocycles. The molecule has 0 aliphatic carbocycles. The maximum atomic E-state index is 13.8. The van der Waals surface area contributed by atoms with Crippen molar-refractivity contribution in [1.82, 2.24) is 10.2 Å². The zero-order valence-corrected chi connectivity index (χ0v) is 18.2. The maximum absolute atomic E-state index is 13.8. The van der Waals surface area contributed by atoms with Crippen molar-refractivity contribution in [3.63, 3.8) is 0 Å². The van der Waals surface area contributed by atoms with E-state index in [1.165, 1.54) is 13.2 Å². The van der Waals surface area contributed by atoms with Crippen molar-refractivity contribution in [3.05, 3.63) is 58.9 Å². The van der Waals surface area contributed by atoms with Crippen molar-refractivity contribution in [1.29, 1.82) is 0 Å². The van der Waals surface area contributed by atoms with E-state index in [4.69, 9.17) is 14.2 Å². The van der Waals surface area contributed by atoms with Crippen LogP contribution in [0, 0.1) is 18.7 Å². The Morgan fingerprint density at radius 3 is 2.75 bits per heavy atom. The van der Waals surface area contributed by atoms with Gasteiger partial charge in [-0.2, -0.15) is 0 Å². The van der Waals surface area contributed by atoms with Gasteiger partial charge in [0, 0.05) is 32.7 Å². The fraction of sp³-hybridized carbons (Fsp3) is 0.417. The number of fused-ring (bicyclic) bond motifs is 1. The molecule has 0 saturated carbocycles. The van der Waals surface area contributed by atoms with E-state index in [2.05, 4.69) is 5.32 Å². The SMILES string of the molecule is COCC(=O)N1C[C@@H](C(=O)NCc2ccc3c(c2)OCO3)C[C@H](c2ccc(F)c(C)c2)C1. The minimum Gasteiger partial charge on any atom is -0.454 e. The van der Waals surface area contributed by atoms with E-state index in [1.807, 2.05) is 18.2 Å². The van der Waals surface area contributed by atoms with Crippen LogP contribution in [0.3, 0.4) is 0 Å². The molecule has 32 heavy (non-hydrogen) atoms. The van der Waals surface area contributed by atoms with Crippen LogP contribution in [0.5, 0.6) is 11.5 Å². The zero-order chi connectivity index (χ0) is 22.7. The Balaban J connectivity index is 1.46. The van der Waals surface area contributed by atoms with Crippen LogP contribution in [-0.4, -0.2) is 50.3 Å². The third kappa shape index (κ3) is 4.85. The van der Waals surface area contributed by atoms with Crippen LogP contribution in [0.15, 0.2) is 36.4 Å². The Morgan fingerprint density at radius 2 is 1.97 bits per heavy atom. The summed E-state index contributed by atoms with van der Waals surface area (Å²) in [6, 6.07) is 10.5. The van der Waals surface area contributed by atoms with Gasteiger partial charge in [0.05, 0.1) is 5.92 Å². The molecule has 2 aliphatic rings. The summed E-state index contributed by atoms with van der Waals surface area (Å²) in [7, 11) is 1.47. The lowest BCUT2D eigenvalue weighted by atomic mass is 9.83. The van der Waals surface area contributed by atoms with Gasteiger partial charge in [-0.05, 0) is 48.2 Å². The molecule has 8 heteroatoms. The molecular formula is C24H27FN2O5. The highest BCUT2D eigenvalue weighted by molar-refractivity contribution is 5.82. The minimum atomic E-state index is -0.381. The molecule has 0 unspecified atom stereocenters. The first kappa shape index (κ1) is 22.1. The molecule has 2 amide bonds. The topological polar surface area (TPSA) is 77.1 Å². The first-order valence-electron chi connectivity index (χ1n) is 10.6. The first-order chi connectivity index (χ1) is 15.4. The fourth-order valence-corrected chi connectivity index (χ4v) is 4.26. The third-order valence-electron chi connectivity index (χ3n) is 6.00. The minimum absolute atomic E-state index is 0.0410. The number of methoxy groups -OCH3 is 1. The van der Waals surface area contributed by atoms with Gasteiger partial charge < -0.3 is 24.4 Å². The second kappa shape index (κ2) is 9.56. The molecule has 2 aromatic rings. The van der Waals surface area contributed by atoms with Gasteiger partial charge in [-0.15, -0.1) is 0 Å². The number of hydrogen-bond donors (Lipinski definition) is 1. The average molecular weight is 442 g/mol. The zero-order valence-electron chi connectivity index (χ0n) is 18.2. The van der Waals surface area contributed by atoms with Crippen molar-refractivity contribution in [2.75, 3.05) is 33.6 Å². The van der Waals surface area contributed by atoms with Gasteiger partial charge in [-0.25, -0.2) is 4.39 Å². The number of piperidine rings is 1. The summed E-state index contributed by atoms with van der Waals surface area (Å²) in [6.07, 6.45) is 0.578. The second-order valence-corrected chi connectivity index (χ2v) is 8.28. The molecule has 4 rings (SSSR count). The number of amides is 2. The van der Waals surface area contributed by atoms with Crippen LogP contribution in [-0.2, 0) is 20.9 Å². The number of halogens is 1. The van der Waals surface area contributed by atoms with Crippen molar-refractivity contribution < 1.29 is 28.2 Å². The molecule has 2 aliphatic heterocycles. The van der Waals surface area contributed by atoms with E-state index in [-0.39, 0.29) is 42.9 Å². The molecule has 2 atom stereocenters. The number of nitrogens with one attached hydrogen (secondary N) is 1. The molecule has 1 N–H and O–H groups in total. The van der Waals surface area contributed by atoms with Crippen molar-refractivity contribution in [3.8, 4) is 11.5 Å². The number of hydrogen-bond acceptors (Lipinski definition) is 5. The Labute approximate surface area is 186 Å². The van der Waals surface area contributed by atoms with Crippen LogP contribution >= 0.6 is 0 Å². The monoisotopic (exact) mass is 442 g/mol. The van der Waals surface area contributed by atoms with Gasteiger partial charge in [0.1, 0.15) is 12.4 Å². The highest BCUT2D eigenvalue weighted by atomic mass is 19.1. The van der Waals surface area contributed by atoms with Crippen LogP contribution < -0.4 is 14.8 Å². The van der Waals surface area contributed by atoms with Gasteiger partial charge in [-0.3, -0.25) is 9.59 Å². The molecule has 0 spiro atoms. The molecule has 2 aromatic carbocycles. The molecule has 170 valence electrons. The Morgan fingerprint density at radius 1 is 1.16 bits per heavy atom. The Hall–Kier alpha value is -3.13. The van der Waals surface area contributed by atoms with E-state index >= 15 is 0 Å². The number of carbonyl (C=O) groups is 2. The third-order valence-corrected chi connectivity index (χ3v) is 6.00. The standard InChI is InChI=1S/C24H27FN2O5/c1-15-7-17(4-5-20(15)25)18-9-19(12-27(11-18)23(28)13-30-2)24(29)26-10-16-3-6-21-22(8-16)32-14-31-21/h3-8,18-19H,9-14H2,1-2H3,(H,26,29)/t18-,19-/m0/s1. The van der Waals surface area contributed by atoms with Crippen LogP contribution in [0.4, 0.5) is 4.39 Å². The Bertz CT molecular complexity index is 1010. The van der Waals surface area contributed by atoms with Crippen molar-refractivity contribution in [2.45, 2.75) is 25.8 Å². The summed E-state index contributed by atoms with van der Waals surface area (Å²) in [6.45, 7) is 3.01. The predicted octanol–water partition coefficient (Wildman–Crippen LogP) is 2.76. The van der Waals surface area contributed by atoms with Crippen LogP contribution in [0.1, 0.15) is 29.0 Å². The normalized spacial score (nSPS) is 19.7. The maximum Gasteiger partial charge on any atom is 0.248 e. The summed E-state index contributed by atoms with van der Waals surface area (Å²) in [5, 5.41) is 2.98. The molecular weight excluding hydrogens is 415 g/mol. The van der Waals surface area contributed by atoms with Gasteiger partial charge in [0.15, 0.2) is 11.5 Å². The fourth-order valence-electron chi connectivity index (χ4n) is 4.26. The Kier molecular flexibility index (Phi) is 6.60. The van der Waals surface area contributed by atoms with Crippen molar-refractivity contribution >= 4 is 11.8 Å². The van der Waals surface area contributed by atoms with E-state index in [1.54, 1.807) is 24.0 Å². The van der Waals surface area contributed by atoms with Gasteiger partial charge in [0.25, 0.3) is 0 Å². The van der Waals surface area contributed by atoms with E-state index in [0.29, 0.717) is 43.1 Å². The summed E-state index contributed by atoms with van der Waals surface area (Å²) >= 11 is 0. The lowest BCUT2D eigenvalue weighted by Gasteiger charge is -2.37. The van der Waals surface area contributed by atoms with E-state index < -0.39 is 0 Å². The van der Waals surface area contributed by atoms with Gasteiger partial charge in [0.2, 0.25) is 18.6 Å². The highest BCUT2D eigenvalue weighted by Crippen LogP contribution is 2.33. The number of nitrogens with zero attached hydrogens (tertiary/aromatic N) is 1. The molecule has 0 radical (unpaired) electrons. The molecule has 2 heterocycles. The average Bonchev–Trinajstić information content (AvgIpc) is 3.27. The predicted molar refractivity (Wildman–Crippen MR) is 115 cm³/mol. The summed E-state index contributed by atoms with van der Waals surface area (Å²) in [4.78, 5) is 27.2. The summed E-state index contributed by atoms with van der Waals surface area (Å²) < 4.78 is 29.5. The summed E-state index contributed by atoms with van der Waals surface area (Å²) in [5.41, 5.74) is 2.37. The highest BCUT2D eigenvalue weighted by Gasteiger charge is 2.34. The number of carbonyl (C=O) groups excluding carboxylic acids is 2. The lowest BCUT2D eigenvalue weighted by molar-refractivity contribution is -0.139. The quantitative estimate of drug-likeness (QED) is 0.745. The van der Waals surface area contributed by atoms with E-state index in [0.717, 1.165) is 11.1 Å². The number of rotatable bonds is 6. The van der Waals surface area contributed by atoms with Crippen LogP contribution in [0.2, 0.25) is 0 Å². The lowest BCUT2D eigenvalue weighted by Crippen LogP contribution is -2.48. The molecule has 7 nitrogen and oxygen atoms in total. The van der Waals surface area contributed by atoms with Crippen LogP contribution in [0.25, 0.3) is 0 Å².